The average Bonchev–Trinajstić information content (AvgIpc) is 2.38. The largest absolute Gasteiger partial charge is 0.424 e. The lowest BCUT2D eigenvalue weighted by Gasteiger charge is -2.55. The molecule has 4 aliphatic carbocycles. The van der Waals surface area contributed by atoms with Crippen molar-refractivity contribution in [2.45, 2.75) is 38.5 Å². The molecule has 0 amide bonds. The van der Waals surface area contributed by atoms with Crippen LogP contribution in [0.15, 0.2) is 24.5 Å². The highest BCUT2D eigenvalue weighted by molar-refractivity contribution is 5.79. The van der Waals surface area contributed by atoms with Crippen molar-refractivity contribution in [3.63, 3.8) is 0 Å². The van der Waals surface area contributed by atoms with Crippen LogP contribution in [0.2, 0.25) is 0 Å². The number of rotatable bonds is 2. The van der Waals surface area contributed by atoms with Crippen molar-refractivity contribution in [1.29, 1.82) is 0 Å². The molecule has 0 N–H and O–H groups in total. The molecule has 0 radical (unpaired) electrons. The molecule has 4 bridgehead atoms. The van der Waals surface area contributed by atoms with E-state index in [1.807, 2.05) is 12.1 Å². The molecule has 19 heavy (non-hydrogen) atoms. The Morgan fingerprint density at radius 3 is 2.32 bits per heavy atom. The fraction of sp³-hybridized carbons (Fsp3) is 0.625. The van der Waals surface area contributed by atoms with Crippen molar-refractivity contribution >= 4 is 5.97 Å². The van der Waals surface area contributed by atoms with E-state index in [1.165, 1.54) is 19.3 Å². The van der Waals surface area contributed by atoms with Crippen LogP contribution in [-0.2, 0) is 4.79 Å². The normalized spacial score (nSPS) is 39.3. The molecular formula is C16H19NO2. The van der Waals surface area contributed by atoms with E-state index in [2.05, 4.69) is 4.98 Å². The van der Waals surface area contributed by atoms with Crippen LogP contribution in [0, 0.1) is 23.2 Å². The molecule has 0 spiro atoms. The van der Waals surface area contributed by atoms with Gasteiger partial charge in [-0.2, -0.15) is 0 Å². The Kier molecular flexibility index (Phi) is 2.44. The quantitative estimate of drug-likeness (QED) is 0.764. The molecule has 0 atom stereocenters. The van der Waals surface area contributed by atoms with Gasteiger partial charge < -0.3 is 4.74 Å². The summed E-state index contributed by atoms with van der Waals surface area (Å²) >= 11 is 0. The third-order valence-electron chi connectivity index (χ3n) is 5.32. The average molecular weight is 257 g/mol. The number of hydrogen-bond acceptors (Lipinski definition) is 3. The van der Waals surface area contributed by atoms with Crippen LogP contribution in [0.5, 0.6) is 5.75 Å². The lowest BCUT2D eigenvalue weighted by molar-refractivity contribution is -0.161. The summed E-state index contributed by atoms with van der Waals surface area (Å²) in [7, 11) is 0. The molecule has 1 heterocycles. The first kappa shape index (κ1) is 11.4. The monoisotopic (exact) mass is 257 g/mol. The summed E-state index contributed by atoms with van der Waals surface area (Å²) in [5.41, 5.74) is -0.176. The number of hydrogen-bond donors (Lipinski definition) is 0. The fourth-order valence-electron chi connectivity index (χ4n) is 4.98. The molecular weight excluding hydrogens is 238 g/mol. The van der Waals surface area contributed by atoms with Crippen LogP contribution in [0.25, 0.3) is 0 Å². The predicted molar refractivity (Wildman–Crippen MR) is 70.5 cm³/mol. The third-order valence-corrected chi connectivity index (χ3v) is 5.32. The number of carbonyl (C=O) groups is 1. The molecule has 0 aliphatic heterocycles. The highest BCUT2D eigenvalue weighted by atomic mass is 16.5. The highest BCUT2D eigenvalue weighted by Gasteiger charge is 2.55. The number of aromatic nitrogens is 1. The van der Waals surface area contributed by atoms with Gasteiger partial charge in [-0.1, -0.05) is 0 Å². The van der Waals surface area contributed by atoms with Gasteiger partial charge in [-0.3, -0.25) is 9.78 Å². The Hall–Kier alpha value is -1.38. The maximum atomic E-state index is 12.6. The van der Waals surface area contributed by atoms with E-state index >= 15 is 0 Å². The van der Waals surface area contributed by atoms with E-state index in [4.69, 9.17) is 4.74 Å². The van der Waals surface area contributed by atoms with E-state index in [-0.39, 0.29) is 11.4 Å². The lowest BCUT2D eigenvalue weighted by Crippen LogP contribution is -2.51. The Labute approximate surface area is 113 Å². The number of pyridine rings is 1. The van der Waals surface area contributed by atoms with E-state index in [1.54, 1.807) is 12.4 Å². The first-order valence-corrected chi connectivity index (χ1v) is 7.36. The topological polar surface area (TPSA) is 39.2 Å². The first-order valence-electron chi connectivity index (χ1n) is 7.36. The molecule has 3 heteroatoms. The van der Waals surface area contributed by atoms with Gasteiger partial charge >= 0.3 is 5.97 Å². The van der Waals surface area contributed by atoms with Gasteiger partial charge in [-0.05, 0) is 68.4 Å². The van der Waals surface area contributed by atoms with Gasteiger partial charge in [-0.15, -0.1) is 0 Å². The summed E-state index contributed by atoms with van der Waals surface area (Å²) in [6, 6.07) is 3.62. The molecule has 5 rings (SSSR count). The molecule has 4 aliphatic rings. The lowest BCUT2D eigenvalue weighted by atomic mass is 9.49. The van der Waals surface area contributed by atoms with Crippen LogP contribution >= 0.6 is 0 Å². The molecule has 0 aromatic carbocycles. The second-order valence-corrected chi connectivity index (χ2v) is 6.78. The van der Waals surface area contributed by atoms with Gasteiger partial charge in [0, 0.05) is 6.20 Å². The zero-order valence-electron chi connectivity index (χ0n) is 11.0. The van der Waals surface area contributed by atoms with Crippen LogP contribution in [0.3, 0.4) is 0 Å². The third kappa shape index (κ3) is 1.87. The standard InChI is InChI=1S/C16H19NO2/c18-15(19-14-2-1-3-17-10-14)16-7-11-4-12(8-16)6-13(5-11)9-16/h1-3,10-13H,4-9H2. The summed E-state index contributed by atoms with van der Waals surface area (Å²) in [5.74, 6) is 2.90. The maximum absolute atomic E-state index is 12.6. The van der Waals surface area contributed by atoms with Crippen molar-refractivity contribution < 1.29 is 9.53 Å². The zero-order valence-corrected chi connectivity index (χ0v) is 11.0. The minimum atomic E-state index is -0.176. The Morgan fingerprint density at radius 1 is 1.16 bits per heavy atom. The predicted octanol–water partition coefficient (Wildman–Crippen LogP) is 3.20. The number of ether oxygens (including phenoxy) is 1. The summed E-state index contributed by atoms with van der Waals surface area (Å²) in [4.78, 5) is 16.6. The van der Waals surface area contributed by atoms with E-state index in [0.29, 0.717) is 5.75 Å². The molecule has 4 fully saturated rings. The molecule has 100 valence electrons. The van der Waals surface area contributed by atoms with Gasteiger partial charge in [0.05, 0.1) is 11.6 Å². The molecule has 4 saturated carbocycles. The maximum Gasteiger partial charge on any atom is 0.317 e. The summed E-state index contributed by atoms with van der Waals surface area (Å²) < 4.78 is 5.60. The van der Waals surface area contributed by atoms with E-state index < -0.39 is 0 Å². The van der Waals surface area contributed by atoms with E-state index in [9.17, 15) is 4.79 Å². The molecule has 0 saturated heterocycles. The second-order valence-electron chi connectivity index (χ2n) is 6.78. The molecule has 3 nitrogen and oxygen atoms in total. The number of carbonyl (C=O) groups excluding carboxylic acids is 1. The molecule has 1 aromatic heterocycles. The van der Waals surface area contributed by atoms with Crippen molar-refractivity contribution in [2.24, 2.45) is 23.2 Å². The van der Waals surface area contributed by atoms with Crippen molar-refractivity contribution in [3.05, 3.63) is 24.5 Å². The Morgan fingerprint density at radius 2 is 1.79 bits per heavy atom. The summed E-state index contributed by atoms with van der Waals surface area (Å²) in [6.07, 6.45) is 10.5. The minimum absolute atomic E-state index is 0.000370. The summed E-state index contributed by atoms with van der Waals surface area (Å²) in [5, 5.41) is 0. The fourth-order valence-corrected chi connectivity index (χ4v) is 4.98. The Balaban J connectivity index is 1.56. The smallest absolute Gasteiger partial charge is 0.317 e. The van der Waals surface area contributed by atoms with Gasteiger partial charge in [0.1, 0.15) is 5.75 Å². The minimum Gasteiger partial charge on any atom is -0.424 e. The first-order chi connectivity index (χ1) is 9.23. The Bertz CT molecular complexity index is 461. The van der Waals surface area contributed by atoms with E-state index in [0.717, 1.165) is 37.0 Å². The van der Waals surface area contributed by atoms with Gasteiger partial charge in [0.15, 0.2) is 0 Å². The molecule has 1 aromatic rings. The highest BCUT2D eigenvalue weighted by Crippen LogP contribution is 2.60. The van der Waals surface area contributed by atoms with Crippen LogP contribution < -0.4 is 4.74 Å². The second kappa shape index (κ2) is 4.06. The SMILES string of the molecule is O=C(Oc1cccnc1)C12CC3CC(CC(C3)C1)C2. The number of nitrogens with zero attached hydrogens (tertiary/aromatic N) is 1. The number of esters is 1. The van der Waals surface area contributed by atoms with Gasteiger partial charge in [-0.25, -0.2) is 0 Å². The van der Waals surface area contributed by atoms with Crippen molar-refractivity contribution in [3.8, 4) is 5.75 Å². The van der Waals surface area contributed by atoms with Crippen LogP contribution in [0.4, 0.5) is 0 Å². The van der Waals surface area contributed by atoms with Crippen molar-refractivity contribution in [2.75, 3.05) is 0 Å². The van der Waals surface area contributed by atoms with Crippen LogP contribution in [0.1, 0.15) is 38.5 Å². The van der Waals surface area contributed by atoms with Gasteiger partial charge in [0.2, 0.25) is 0 Å². The molecule has 0 unspecified atom stereocenters. The van der Waals surface area contributed by atoms with Crippen molar-refractivity contribution in [1.82, 2.24) is 4.98 Å². The zero-order chi connectivity index (χ0) is 12.9. The van der Waals surface area contributed by atoms with Crippen LogP contribution in [-0.4, -0.2) is 11.0 Å². The summed E-state index contributed by atoms with van der Waals surface area (Å²) in [6.45, 7) is 0. The van der Waals surface area contributed by atoms with Gasteiger partial charge in [0.25, 0.3) is 0 Å².